The summed E-state index contributed by atoms with van der Waals surface area (Å²) >= 11 is 5.63. The van der Waals surface area contributed by atoms with E-state index in [1.165, 1.54) is 59.5 Å². The predicted molar refractivity (Wildman–Crippen MR) is 349 cm³/mol. The Balaban J connectivity index is 0.000000222. The van der Waals surface area contributed by atoms with Gasteiger partial charge in [0.2, 0.25) is 0 Å². The Morgan fingerprint density at radius 2 is 0.670 bits per heavy atom. The number of amides is 3. The van der Waals surface area contributed by atoms with E-state index in [9.17, 15) is 81.5 Å². The van der Waals surface area contributed by atoms with Crippen LogP contribution in [0.5, 0.6) is 0 Å². The molecule has 0 bridgehead atoms. The second-order valence-corrected chi connectivity index (χ2v) is 21.4. The molecule has 0 aliphatic carbocycles. The summed E-state index contributed by atoms with van der Waals surface area (Å²) in [5.41, 5.74) is 2.71. The Morgan fingerprint density at radius 1 is 0.370 bits per heavy atom. The topological polar surface area (TPSA) is 302 Å². The maximum atomic E-state index is 13.6. The number of ketones is 3. The molecule has 9 rings (SSSR count). The molecule has 3 aromatic carbocycles. The minimum Gasteiger partial charge on any atom is -0.384 e. The fourth-order valence-corrected chi connectivity index (χ4v) is 8.77. The van der Waals surface area contributed by atoms with E-state index >= 15 is 0 Å². The quantitative estimate of drug-likeness (QED) is 0.0268. The molecule has 6 aromatic heterocycles. The molecule has 0 fully saturated rings. The molecule has 0 radical (unpaired) electrons. The fourth-order valence-electron chi connectivity index (χ4n) is 8.62. The lowest BCUT2D eigenvalue weighted by Crippen LogP contribution is -2.20. The first-order chi connectivity index (χ1) is 47.0. The van der Waals surface area contributed by atoms with Crippen molar-refractivity contribution < 1.29 is 81.5 Å². The van der Waals surface area contributed by atoms with Crippen molar-refractivity contribution in [1.29, 1.82) is 0 Å². The predicted octanol–water partition coefficient (Wildman–Crippen LogP) is 14.0. The van der Waals surface area contributed by atoms with Crippen LogP contribution in [0.3, 0.4) is 0 Å². The number of nitrogens with one attached hydrogen (secondary N) is 8. The number of alkyl halides is 9. The number of carbonyl (C=O) groups excluding carboxylic acids is 6. The number of hydrogen-bond donors (Lipinski definition) is 9. The molecule has 3 amide bonds. The maximum Gasteiger partial charge on any atom is 0.419 e. The smallest absolute Gasteiger partial charge is 0.384 e. The van der Waals surface area contributed by atoms with Gasteiger partial charge in [-0.05, 0) is 116 Å². The second-order valence-electron chi connectivity index (χ2n) is 21.0. The third-order valence-electron chi connectivity index (χ3n) is 13.1. The molecule has 21 nitrogen and oxygen atoms in total. The monoisotopic (exact) mass is 1420 g/mol. The summed E-state index contributed by atoms with van der Waals surface area (Å²) in [7, 11) is 3.96. The Hall–Kier alpha value is -11.8. The number of Topliss-reactive ketones (excluding diaryl/α,β-unsaturated/α-hetero) is 3. The van der Waals surface area contributed by atoms with Crippen LogP contribution in [0, 0.1) is 17.5 Å². The minimum absolute atomic E-state index is 0.00137. The van der Waals surface area contributed by atoms with Crippen LogP contribution >= 0.6 is 11.6 Å². The normalized spacial score (nSPS) is 10.9. The van der Waals surface area contributed by atoms with Gasteiger partial charge in [-0.15, -0.1) is 0 Å². The summed E-state index contributed by atoms with van der Waals surface area (Å²) in [5, 5.41) is 19.9. The van der Waals surface area contributed by atoms with Crippen LogP contribution in [0.15, 0.2) is 146 Å². The third kappa shape index (κ3) is 23.2. The molecule has 34 heteroatoms. The molecule has 0 aliphatic heterocycles. The largest absolute Gasteiger partial charge is 0.419 e. The van der Waals surface area contributed by atoms with Crippen molar-refractivity contribution in [3.05, 3.63) is 219 Å². The number of nitrogens with zero attached hydrogens (tertiary/aromatic N) is 6. The van der Waals surface area contributed by atoms with E-state index in [-0.39, 0.29) is 80.7 Å². The van der Waals surface area contributed by atoms with Crippen LogP contribution in [0.4, 0.5) is 116 Å². The third-order valence-corrected chi connectivity index (χ3v) is 13.3. The SMILES string of the molecule is CC(=O)Cc1ccc(N)nc1.CNC(=O)c1cc(F)ccc1Nc1cc(Cl)ncc1C(F)(F)F.CNC(=O)c1cc(F)ccc1Nc1cc(Nc2ccc(CC(C)=O)cn2)ncc1C(F)(F)F.CNC(=O)c1cc(F)ccc1Nc1cc(Nc2ccc(CC(C)=O)cn2)ncc1C(F)(F)F. The Kier molecular flexibility index (Phi) is 26.6. The van der Waals surface area contributed by atoms with Crippen molar-refractivity contribution in [1.82, 2.24) is 45.9 Å². The number of nitrogen functional groups attached to an aromatic ring is 1. The molecular weight excluding hydrogens is 1360 g/mol. The van der Waals surface area contributed by atoms with E-state index < -0.39 is 87.5 Å². The zero-order valence-electron chi connectivity index (χ0n) is 53.1. The van der Waals surface area contributed by atoms with Gasteiger partial charge in [-0.25, -0.2) is 43.1 Å². The number of hydrogen-bond acceptors (Lipinski definition) is 18. The molecule has 6 heterocycles. The molecule has 0 saturated carbocycles. The van der Waals surface area contributed by atoms with Crippen molar-refractivity contribution in [2.75, 3.05) is 53.5 Å². The van der Waals surface area contributed by atoms with Crippen molar-refractivity contribution >= 4 is 110 Å². The summed E-state index contributed by atoms with van der Waals surface area (Å²) in [4.78, 5) is 92.0. The van der Waals surface area contributed by atoms with Gasteiger partial charge in [-0.2, -0.15) is 39.5 Å². The highest BCUT2D eigenvalue weighted by molar-refractivity contribution is 6.29. The van der Waals surface area contributed by atoms with Crippen LogP contribution in [0.1, 0.15) is 85.2 Å². The van der Waals surface area contributed by atoms with Crippen LogP contribution in [0.25, 0.3) is 0 Å². The number of anilines is 11. The number of halogens is 13. The van der Waals surface area contributed by atoms with Crippen molar-refractivity contribution in [3.8, 4) is 0 Å². The second kappa shape index (κ2) is 34.4. The highest BCUT2D eigenvalue weighted by Gasteiger charge is 2.37. The molecule has 0 spiro atoms. The average molecular weight is 1420 g/mol. The number of nitrogens with two attached hydrogens (primary N) is 1. The molecule has 9 aromatic rings. The zero-order valence-corrected chi connectivity index (χ0v) is 53.9. The molecule has 10 N–H and O–H groups in total. The molecular formula is C66H58ClF12N15O6. The Morgan fingerprint density at radius 3 is 0.950 bits per heavy atom. The van der Waals surface area contributed by atoms with Crippen LogP contribution in [-0.4, -0.2) is 86.1 Å². The van der Waals surface area contributed by atoms with E-state index in [2.05, 4.69) is 72.4 Å². The first kappa shape index (κ1) is 77.2. The van der Waals surface area contributed by atoms with Crippen LogP contribution in [0.2, 0.25) is 5.15 Å². The molecule has 0 unspecified atom stereocenters. The van der Waals surface area contributed by atoms with Crippen LogP contribution in [-0.2, 0) is 52.2 Å². The lowest BCUT2D eigenvalue weighted by atomic mass is 10.1. The number of carbonyl (C=O) groups is 6. The molecule has 524 valence electrons. The first-order valence-corrected chi connectivity index (χ1v) is 29.3. The van der Waals surface area contributed by atoms with Gasteiger partial charge in [0.1, 0.15) is 69.0 Å². The first-order valence-electron chi connectivity index (χ1n) is 28.9. The van der Waals surface area contributed by atoms with Gasteiger partial charge in [0, 0.05) is 89.7 Å². The number of aromatic nitrogens is 6. The summed E-state index contributed by atoms with van der Waals surface area (Å²) in [6, 6.07) is 22.4. The lowest BCUT2D eigenvalue weighted by Gasteiger charge is -2.17. The summed E-state index contributed by atoms with van der Waals surface area (Å²) < 4.78 is 161. The van der Waals surface area contributed by atoms with Gasteiger partial charge in [0.05, 0.1) is 67.5 Å². The summed E-state index contributed by atoms with van der Waals surface area (Å²) in [6.45, 7) is 4.45. The number of rotatable bonds is 19. The lowest BCUT2D eigenvalue weighted by molar-refractivity contribution is -0.138. The Bertz CT molecular complexity index is 4230. The Labute approximate surface area is 566 Å². The highest BCUT2D eigenvalue weighted by Crippen LogP contribution is 2.41. The fraction of sp³-hybridized carbons (Fsp3) is 0.182. The molecule has 0 atom stereocenters. The van der Waals surface area contributed by atoms with Crippen molar-refractivity contribution in [2.45, 2.75) is 58.6 Å². The van der Waals surface area contributed by atoms with E-state index in [4.69, 9.17) is 17.3 Å². The van der Waals surface area contributed by atoms with Crippen molar-refractivity contribution in [2.24, 2.45) is 0 Å². The van der Waals surface area contributed by atoms with Gasteiger partial charge in [0.25, 0.3) is 17.7 Å². The zero-order chi connectivity index (χ0) is 73.8. The van der Waals surface area contributed by atoms with Crippen LogP contribution < -0.4 is 48.3 Å². The molecule has 0 aliphatic rings. The summed E-state index contributed by atoms with van der Waals surface area (Å²) in [6.07, 6.45) is -6.87. The van der Waals surface area contributed by atoms with Gasteiger partial charge in [-0.3, -0.25) is 28.8 Å². The van der Waals surface area contributed by atoms with E-state index in [0.717, 1.165) is 66.2 Å². The van der Waals surface area contributed by atoms with Crippen molar-refractivity contribution in [3.63, 3.8) is 0 Å². The highest BCUT2D eigenvalue weighted by atomic mass is 35.5. The minimum atomic E-state index is -4.74. The summed E-state index contributed by atoms with van der Waals surface area (Å²) in [5.74, 6) is -2.89. The number of pyridine rings is 6. The van der Waals surface area contributed by atoms with E-state index in [1.807, 2.05) is 6.07 Å². The van der Waals surface area contributed by atoms with Gasteiger partial charge in [0.15, 0.2) is 0 Å². The standard InChI is InChI=1S/2C22H19F4N5O2.C14H10ClF4N3O.C8H10N2O/c2*1-12(32)7-13-3-6-19(28-10-13)31-20-9-18(16(11-29-20)22(24,25)26)30-17-5-4-14(23)8-15(17)21(33)27-2;1-20-13(23)8-4-7(16)2-3-10(8)22-11-5-12(15)21-6-9(11)14(17,18)19;1-6(11)4-7-2-3-8(9)10-5-7/h2*3-6,8-11H,7H2,1-2H3,(H,27,33)(H2,28,29,30,31);2-6H,1H3,(H,20,23)(H,21,22);2-3,5H,4H2,1H3,(H2,9,10). The maximum absolute atomic E-state index is 13.6. The van der Waals surface area contributed by atoms with E-state index in [0.29, 0.717) is 53.6 Å². The number of benzene rings is 3. The molecule has 100 heavy (non-hydrogen) atoms. The van der Waals surface area contributed by atoms with Gasteiger partial charge < -0.3 is 48.3 Å². The average Bonchev–Trinajstić information content (AvgIpc) is 0.813. The van der Waals surface area contributed by atoms with E-state index in [1.54, 1.807) is 43.5 Å². The van der Waals surface area contributed by atoms with Gasteiger partial charge in [-0.1, -0.05) is 29.8 Å². The van der Waals surface area contributed by atoms with Gasteiger partial charge >= 0.3 is 18.5 Å². The molecule has 0 saturated heterocycles.